The Balaban J connectivity index is 3.26. The van der Waals surface area contributed by atoms with Crippen LogP contribution in [0.3, 0.4) is 0 Å². The summed E-state index contributed by atoms with van der Waals surface area (Å²) < 4.78 is 36.9. The van der Waals surface area contributed by atoms with Gasteiger partial charge in [-0.15, -0.1) is 0 Å². The fraction of sp³-hybridized carbons (Fsp3) is 0.250. The number of alkyl halides is 3. The number of rotatable bonds is 2. The maximum atomic E-state index is 12.3. The summed E-state index contributed by atoms with van der Waals surface area (Å²) in [6.07, 6.45) is -4.69. The maximum absolute atomic E-state index is 12.3. The van der Waals surface area contributed by atoms with Crippen molar-refractivity contribution in [2.75, 3.05) is 5.73 Å². The molecule has 0 saturated carbocycles. The lowest BCUT2D eigenvalue weighted by atomic mass is 10.0. The van der Waals surface area contributed by atoms with Crippen LogP contribution in [0.1, 0.15) is 11.6 Å². The Labute approximate surface area is 88.0 Å². The smallest absolute Gasteiger partial charge is 0.393 e. The number of nitrogens with two attached hydrogens (primary N) is 2. The number of para-hydroxylation sites is 1. The summed E-state index contributed by atoms with van der Waals surface area (Å²) >= 11 is 0. The van der Waals surface area contributed by atoms with E-state index >= 15 is 0 Å². The molecule has 0 amide bonds. The summed E-state index contributed by atoms with van der Waals surface area (Å²) in [7, 11) is 0. The number of nitrogen functional groups attached to an aromatic ring is 1. The molecule has 0 spiro atoms. The van der Waals surface area contributed by atoms with E-state index in [2.05, 4.69) is 0 Å². The van der Waals surface area contributed by atoms with Crippen molar-refractivity contribution < 1.29 is 18.1 Å². The lowest BCUT2D eigenvalue weighted by molar-refractivity contribution is -0.384. The van der Waals surface area contributed by atoms with Crippen LogP contribution in [-0.2, 0) is 0 Å². The summed E-state index contributed by atoms with van der Waals surface area (Å²) in [4.78, 5) is 9.59. The van der Waals surface area contributed by atoms with Crippen LogP contribution in [0.2, 0.25) is 0 Å². The molecule has 0 unspecified atom stereocenters. The summed E-state index contributed by atoms with van der Waals surface area (Å²) in [5.41, 5.74) is 8.53. The van der Waals surface area contributed by atoms with Gasteiger partial charge in [-0.25, -0.2) is 0 Å². The van der Waals surface area contributed by atoms with Gasteiger partial charge in [-0.3, -0.25) is 10.1 Å². The topological polar surface area (TPSA) is 95.2 Å². The van der Waals surface area contributed by atoms with Crippen LogP contribution in [0, 0.1) is 10.1 Å². The van der Waals surface area contributed by atoms with Crippen LogP contribution in [0.4, 0.5) is 24.5 Å². The van der Waals surface area contributed by atoms with Gasteiger partial charge in [-0.2, -0.15) is 13.2 Å². The first-order chi connectivity index (χ1) is 7.25. The molecule has 1 atom stereocenters. The average molecular weight is 235 g/mol. The van der Waals surface area contributed by atoms with Gasteiger partial charge in [0.15, 0.2) is 0 Å². The van der Waals surface area contributed by atoms with Crippen LogP contribution >= 0.6 is 0 Å². The molecular formula is C8H8F3N3O2. The molecule has 0 aliphatic carbocycles. The number of hydrogen-bond donors (Lipinski definition) is 2. The van der Waals surface area contributed by atoms with E-state index in [1.165, 1.54) is 0 Å². The van der Waals surface area contributed by atoms with E-state index in [9.17, 15) is 23.3 Å². The van der Waals surface area contributed by atoms with Crippen molar-refractivity contribution in [3.8, 4) is 0 Å². The first-order valence-corrected chi connectivity index (χ1v) is 4.10. The molecule has 1 aromatic carbocycles. The normalized spacial score (nSPS) is 13.5. The van der Waals surface area contributed by atoms with Crippen LogP contribution in [0.25, 0.3) is 0 Å². The molecule has 8 heteroatoms. The minimum Gasteiger partial charge on any atom is -0.393 e. The highest BCUT2D eigenvalue weighted by Crippen LogP contribution is 2.36. The molecule has 0 fully saturated rings. The number of hydrogen-bond acceptors (Lipinski definition) is 4. The zero-order valence-electron chi connectivity index (χ0n) is 7.86. The second kappa shape index (κ2) is 3.97. The van der Waals surface area contributed by atoms with Crippen LogP contribution in [-0.4, -0.2) is 11.1 Å². The zero-order valence-corrected chi connectivity index (χ0v) is 7.86. The van der Waals surface area contributed by atoms with Gasteiger partial charge in [0, 0.05) is 11.6 Å². The summed E-state index contributed by atoms with van der Waals surface area (Å²) in [5.74, 6) is 0. The lowest BCUT2D eigenvalue weighted by Crippen LogP contribution is -2.29. The second-order valence-corrected chi connectivity index (χ2v) is 3.06. The van der Waals surface area contributed by atoms with Crippen LogP contribution < -0.4 is 11.5 Å². The molecule has 0 aliphatic rings. The van der Waals surface area contributed by atoms with Crippen LogP contribution in [0.5, 0.6) is 0 Å². The fourth-order valence-corrected chi connectivity index (χ4v) is 1.18. The van der Waals surface area contributed by atoms with Crippen molar-refractivity contribution in [2.45, 2.75) is 12.2 Å². The van der Waals surface area contributed by atoms with Gasteiger partial charge in [0.25, 0.3) is 5.69 Å². The molecule has 0 heterocycles. The Hall–Kier alpha value is -1.83. The average Bonchev–Trinajstić information content (AvgIpc) is 2.15. The number of benzene rings is 1. The highest BCUT2D eigenvalue weighted by molar-refractivity contribution is 5.64. The van der Waals surface area contributed by atoms with Crippen LogP contribution in [0.15, 0.2) is 18.2 Å². The van der Waals surface area contributed by atoms with Gasteiger partial charge in [-0.05, 0) is 0 Å². The Kier molecular flexibility index (Phi) is 3.04. The van der Waals surface area contributed by atoms with E-state index in [4.69, 9.17) is 11.5 Å². The number of nitro groups is 1. The standard InChI is InChI=1S/C8H8F3N3O2/c9-8(10,11)7(13)4-2-1-3-5(6(4)12)14(15)16/h1-3,7H,12-13H2/t7-/m1/s1. The predicted molar refractivity (Wildman–Crippen MR) is 50.5 cm³/mol. The molecule has 0 aromatic heterocycles. The van der Waals surface area contributed by atoms with Gasteiger partial charge in [0.2, 0.25) is 0 Å². The van der Waals surface area contributed by atoms with E-state index in [1.807, 2.05) is 0 Å². The van der Waals surface area contributed by atoms with E-state index < -0.39 is 34.1 Å². The first-order valence-electron chi connectivity index (χ1n) is 4.10. The molecule has 88 valence electrons. The number of halogens is 3. The van der Waals surface area contributed by atoms with Gasteiger partial charge >= 0.3 is 6.18 Å². The summed E-state index contributed by atoms with van der Waals surface area (Å²) in [6.45, 7) is 0. The van der Waals surface area contributed by atoms with Gasteiger partial charge in [0.05, 0.1) is 4.92 Å². The largest absolute Gasteiger partial charge is 0.407 e. The molecule has 1 aromatic rings. The Morgan fingerprint density at radius 3 is 2.38 bits per heavy atom. The van der Waals surface area contributed by atoms with E-state index in [1.54, 1.807) is 0 Å². The molecule has 0 saturated heterocycles. The third-order valence-corrected chi connectivity index (χ3v) is 2.00. The molecule has 5 nitrogen and oxygen atoms in total. The van der Waals surface area contributed by atoms with Gasteiger partial charge in [-0.1, -0.05) is 12.1 Å². The minimum absolute atomic E-state index is 0.498. The molecule has 4 N–H and O–H groups in total. The monoisotopic (exact) mass is 235 g/mol. The molecule has 16 heavy (non-hydrogen) atoms. The number of nitro benzene ring substituents is 1. The molecule has 0 bridgehead atoms. The summed E-state index contributed by atoms with van der Waals surface area (Å²) in [6, 6.07) is 0.810. The van der Waals surface area contributed by atoms with Crippen molar-refractivity contribution in [1.82, 2.24) is 0 Å². The zero-order chi connectivity index (χ0) is 12.5. The van der Waals surface area contributed by atoms with Crippen molar-refractivity contribution >= 4 is 11.4 Å². The minimum atomic E-state index is -4.69. The highest BCUT2D eigenvalue weighted by Gasteiger charge is 2.39. The van der Waals surface area contributed by atoms with Crippen molar-refractivity contribution in [3.05, 3.63) is 33.9 Å². The second-order valence-electron chi connectivity index (χ2n) is 3.06. The van der Waals surface area contributed by atoms with Crippen molar-refractivity contribution in [2.24, 2.45) is 5.73 Å². The van der Waals surface area contributed by atoms with Gasteiger partial charge < -0.3 is 11.5 Å². The molecule has 1 rings (SSSR count). The molecule has 0 aliphatic heterocycles. The van der Waals surface area contributed by atoms with E-state index in [-0.39, 0.29) is 0 Å². The third kappa shape index (κ3) is 2.22. The maximum Gasteiger partial charge on any atom is 0.407 e. The Bertz CT molecular complexity index is 419. The van der Waals surface area contributed by atoms with Gasteiger partial charge in [0.1, 0.15) is 11.7 Å². The van der Waals surface area contributed by atoms with Crippen molar-refractivity contribution in [3.63, 3.8) is 0 Å². The van der Waals surface area contributed by atoms with E-state index in [0.717, 1.165) is 18.2 Å². The SMILES string of the molecule is Nc1c([C@@H](N)C(F)(F)F)cccc1[N+](=O)[O-]. The lowest BCUT2D eigenvalue weighted by Gasteiger charge is -2.17. The summed E-state index contributed by atoms with van der Waals surface area (Å²) in [5, 5.41) is 10.4. The number of nitrogens with zero attached hydrogens (tertiary/aromatic N) is 1. The Morgan fingerprint density at radius 1 is 1.38 bits per heavy atom. The predicted octanol–water partition coefficient (Wildman–Crippen LogP) is 1.74. The number of anilines is 1. The fourth-order valence-electron chi connectivity index (χ4n) is 1.18. The Morgan fingerprint density at radius 2 is 1.94 bits per heavy atom. The first kappa shape index (κ1) is 12.2. The highest BCUT2D eigenvalue weighted by atomic mass is 19.4. The molecular weight excluding hydrogens is 227 g/mol. The van der Waals surface area contributed by atoms with Crippen molar-refractivity contribution in [1.29, 1.82) is 0 Å². The quantitative estimate of drug-likeness (QED) is 0.463. The third-order valence-electron chi connectivity index (χ3n) is 2.00. The van der Waals surface area contributed by atoms with E-state index in [0.29, 0.717) is 0 Å². The molecule has 0 radical (unpaired) electrons.